The highest BCUT2D eigenvalue weighted by Crippen LogP contribution is 2.20. The van der Waals surface area contributed by atoms with Gasteiger partial charge in [-0.1, -0.05) is 23.7 Å². The van der Waals surface area contributed by atoms with Crippen LogP contribution in [0.15, 0.2) is 24.3 Å². The Labute approximate surface area is 88.0 Å². The summed E-state index contributed by atoms with van der Waals surface area (Å²) < 4.78 is 4.78. The number of para-hydroxylation sites is 1. The molecule has 4 heteroatoms. The van der Waals surface area contributed by atoms with Crippen LogP contribution in [0.1, 0.15) is 6.42 Å². The molecule has 1 rings (SSSR count). The molecule has 14 heavy (non-hydrogen) atoms. The minimum Gasteiger partial charge on any atom is -0.449 e. The Morgan fingerprint density at radius 2 is 2.21 bits per heavy atom. The fourth-order valence-electron chi connectivity index (χ4n) is 0.873. The summed E-state index contributed by atoms with van der Waals surface area (Å²) in [7, 11) is 0. The Kier molecular flexibility index (Phi) is 4.26. The molecule has 1 radical (unpaired) electrons. The van der Waals surface area contributed by atoms with Gasteiger partial charge in [0.05, 0.1) is 17.3 Å². The van der Waals surface area contributed by atoms with E-state index in [1.165, 1.54) is 0 Å². The van der Waals surface area contributed by atoms with E-state index < -0.39 is 6.09 Å². The summed E-state index contributed by atoms with van der Waals surface area (Å²) in [5.74, 6) is 0. The maximum absolute atomic E-state index is 11.1. The number of benzene rings is 1. The number of ether oxygens (including phenoxy) is 1. The molecule has 0 unspecified atom stereocenters. The first kappa shape index (κ1) is 10.9. The van der Waals surface area contributed by atoms with Crippen molar-refractivity contribution in [3.8, 4) is 0 Å². The molecule has 0 aliphatic rings. The molecular formula is C10H11ClNO2. The molecule has 1 aromatic carbocycles. The molecule has 0 spiro atoms. The van der Waals surface area contributed by atoms with Gasteiger partial charge >= 0.3 is 6.09 Å². The van der Waals surface area contributed by atoms with Gasteiger partial charge in [0.1, 0.15) is 0 Å². The third-order valence-corrected chi connectivity index (χ3v) is 1.82. The number of nitrogens with one attached hydrogen (secondary N) is 1. The second-order valence-electron chi connectivity index (χ2n) is 2.59. The fraction of sp³-hybridized carbons (Fsp3) is 0.200. The second kappa shape index (κ2) is 5.50. The number of hydrogen-bond donors (Lipinski definition) is 1. The third-order valence-electron chi connectivity index (χ3n) is 1.49. The van der Waals surface area contributed by atoms with Gasteiger partial charge in [0.2, 0.25) is 0 Å². The summed E-state index contributed by atoms with van der Waals surface area (Å²) in [6.45, 7) is 3.85. The Morgan fingerprint density at radius 1 is 1.50 bits per heavy atom. The van der Waals surface area contributed by atoms with Gasteiger partial charge in [0.15, 0.2) is 0 Å². The number of amides is 1. The lowest BCUT2D eigenvalue weighted by molar-refractivity contribution is 0.163. The van der Waals surface area contributed by atoms with E-state index in [2.05, 4.69) is 12.2 Å². The molecule has 3 nitrogen and oxygen atoms in total. The summed E-state index contributed by atoms with van der Waals surface area (Å²) in [5, 5.41) is 3.01. The van der Waals surface area contributed by atoms with Crippen LogP contribution in [-0.2, 0) is 4.74 Å². The monoisotopic (exact) mass is 212 g/mol. The van der Waals surface area contributed by atoms with Crippen LogP contribution in [0.4, 0.5) is 10.5 Å². The van der Waals surface area contributed by atoms with Gasteiger partial charge in [0.25, 0.3) is 0 Å². The molecule has 1 amide bonds. The number of carbonyl (C=O) groups excluding carboxylic acids is 1. The number of hydrogen-bond acceptors (Lipinski definition) is 2. The van der Waals surface area contributed by atoms with E-state index in [0.717, 1.165) is 0 Å². The first-order chi connectivity index (χ1) is 6.74. The lowest BCUT2D eigenvalue weighted by Crippen LogP contribution is -2.14. The predicted octanol–water partition coefficient (Wildman–Crippen LogP) is 3.11. The summed E-state index contributed by atoms with van der Waals surface area (Å²) >= 11 is 5.82. The van der Waals surface area contributed by atoms with Crippen LogP contribution in [0.25, 0.3) is 0 Å². The molecule has 0 fully saturated rings. The quantitative estimate of drug-likeness (QED) is 0.836. The zero-order chi connectivity index (χ0) is 10.4. The molecule has 0 heterocycles. The van der Waals surface area contributed by atoms with Gasteiger partial charge in [-0.3, -0.25) is 5.32 Å². The van der Waals surface area contributed by atoms with Gasteiger partial charge in [-0.15, -0.1) is 0 Å². The van der Waals surface area contributed by atoms with Crippen molar-refractivity contribution in [3.63, 3.8) is 0 Å². The van der Waals surface area contributed by atoms with Crippen LogP contribution < -0.4 is 5.32 Å². The van der Waals surface area contributed by atoms with Crippen molar-refractivity contribution in [1.82, 2.24) is 0 Å². The molecule has 0 aliphatic heterocycles. The highest BCUT2D eigenvalue weighted by molar-refractivity contribution is 6.33. The topological polar surface area (TPSA) is 38.3 Å². The standard InChI is InChI=1S/C10H11ClNO2/c1-2-7-14-10(13)12-9-6-4-3-5-8(9)11/h3-6H,1-2,7H2,(H,12,13). The van der Waals surface area contributed by atoms with Crippen molar-refractivity contribution in [2.75, 3.05) is 11.9 Å². The average molecular weight is 213 g/mol. The molecule has 0 bridgehead atoms. The molecule has 0 atom stereocenters. The van der Waals surface area contributed by atoms with Gasteiger partial charge < -0.3 is 4.74 Å². The molecule has 75 valence electrons. The maximum Gasteiger partial charge on any atom is 0.411 e. The lowest BCUT2D eigenvalue weighted by Gasteiger charge is -2.06. The molecule has 1 N–H and O–H groups in total. The van der Waals surface area contributed by atoms with Crippen molar-refractivity contribution >= 4 is 23.4 Å². The highest BCUT2D eigenvalue weighted by Gasteiger charge is 2.04. The Hall–Kier alpha value is -1.22. The molecule has 0 saturated carbocycles. The van der Waals surface area contributed by atoms with Gasteiger partial charge in [-0.2, -0.15) is 0 Å². The minimum absolute atomic E-state index is 0.302. The zero-order valence-electron chi connectivity index (χ0n) is 7.63. The van der Waals surface area contributed by atoms with E-state index in [0.29, 0.717) is 23.7 Å². The minimum atomic E-state index is -0.512. The van der Waals surface area contributed by atoms with E-state index in [-0.39, 0.29) is 0 Å². The second-order valence-corrected chi connectivity index (χ2v) is 3.00. The van der Waals surface area contributed by atoms with Crippen LogP contribution in [0.3, 0.4) is 0 Å². The molecule has 0 aliphatic carbocycles. The SMILES string of the molecule is [CH2]CCOC(=O)Nc1ccccc1Cl. The van der Waals surface area contributed by atoms with Crippen LogP contribution >= 0.6 is 11.6 Å². The van der Waals surface area contributed by atoms with Crippen LogP contribution in [-0.4, -0.2) is 12.7 Å². The van der Waals surface area contributed by atoms with Crippen molar-refractivity contribution < 1.29 is 9.53 Å². The van der Waals surface area contributed by atoms with Crippen LogP contribution in [0.2, 0.25) is 5.02 Å². The van der Waals surface area contributed by atoms with Crippen molar-refractivity contribution in [3.05, 3.63) is 36.2 Å². The molecule has 0 aromatic heterocycles. The van der Waals surface area contributed by atoms with Crippen molar-refractivity contribution in [2.45, 2.75) is 6.42 Å². The highest BCUT2D eigenvalue weighted by atomic mass is 35.5. The predicted molar refractivity (Wildman–Crippen MR) is 56.4 cm³/mol. The molecule has 0 saturated heterocycles. The van der Waals surface area contributed by atoms with Crippen molar-refractivity contribution in [1.29, 1.82) is 0 Å². The maximum atomic E-state index is 11.1. The number of halogens is 1. The van der Waals surface area contributed by atoms with Crippen LogP contribution in [0.5, 0.6) is 0 Å². The van der Waals surface area contributed by atoms with Gasteiger partial charge in [0, 0.05) is 0 Å². The number of anilines is 1. The first-order valence-electron chi connectivity index (χ1n) is 4.21. The number of carbonyl (C=O) groups is 1. The van der Waals surface area contributed by atoms with E-state index >= 15 is 0 Å². The summed E-state index contributed by atoms with van der Waals surface area (Å²) in [6.07, 6.45) is 0.0393. The van der Waals surface area contributed by atoms with Gasteiger partial charge in [-0.05, 0) is 25.5 Å². The van der Waals surface area contributed by atoms with Gasteiger partial charge in [-0.25, -0.2) is 4.79 Å². The van der Waals surface area contributed by atoms with E-state index in [1.54, 1.807) is 24.3 Å². The Morgan fingerprint density at radius 3 is 2.86 bits per heavy atom. The van der Waals surface area contributed by atoms with E-state index in [1.807, 2.05) is 0 Å². The fourth-order valence-corrected chi connectivity index (χ4v) is 1.06. The Bertz CT molecular complexity index is 315. The summed E-state index contributed by atoms with van der Waals surface area (Å²) in [4.78, 5) is 11.1. The van der Waals surface area contributed by atoms with E-state index in [4.69, 9.17) is 16.3 Å². The Balaban J connectivity index is 2.52. The smallest absolute Gasteiger partial charge is 0.411 e. The van der Waals surface area contributed by atoms with Crippen LogP contribution in [0, 0.1) is 6.92 Å². The first-order valence-corrected chi connectivity index (χ1v) is 4.59. The molecular weight excluding hydrogens is 202 g/mol. The average Bonchev–Trinajstić information content (AvgIpc) is 2.18. The van der Waals surface area contributed by atoms with Crippen molar-refractivity contribution in [2.24, 2.45) is 0 Å². The third kappa shape index (κ3) is 3.26. The summed E-state index contributed by atoms with van der Waals surface area (Å²) in [5.41, 5.74) is 0.545. The normalized spacial score (nSPS) is 9.57. The van der Waals surface area contributed by atoms with E-state index in [9.17, 15) is 4.79 Å². The lowest BCUT2D eigenvalue weighted by atomic mass is 10.3. The molecule has 1 aromatic rings. The number of rotatable bonds is 3. The largest absolute Gasteiger partial charge is 0.449 e. The summed E-state index contributed by atoms with van der Waals surface area (Å²) in [6, 6.07) is 6.96. The zero-order valence-corrected chi connectivity index (χ0v) is 8.38.